The van der Waals surface area contributed by atoms with Gasteiger partial charge < -0.3 is 9.47 Å². The quantitative estimate of drug-likeness (QED) is 0.449. The zero-order chi connectivity index (χ0) is 14.5. The monoisotopic (exact) mass is 386 g/mol. The fourth-order valence-electron chi connectivity index (χ4n) is 1.18. The Morgan fingerprint density at radius 2 is 2.11 bits per heavy atom. The molecule has 0 fully saturated rings. The van der Waals surface area contributed by atoms with Gasteiger partial charge in [0.2, 0.25) is 0 Å². The van der Waals surface area contributed by atoms with E-state index in [0.717, 1.165) is 0 Å². The van der Waals surface area contributed by atoms with E-state index in [-0.39, 0.29) is 12.4 Å². The van der Waals surface area contributed by atoms with Crippen molar-refractivity contribution in [1.82, 2.24) is 0 Å². The van der Waals surface area contributed by atoms with Gasteiger partial charge in [0.15, 0.2) is 0 Å². The maximum absolute atomic E-state index is 12.1. The number of ether oxygens (including phenoxy) is 2. The molecule has 0 heterocycles. The fraction of sp³-hybridized carbons (Fsp3) is 0.250. The first-order chi connectivity index (χ1) is 8.81. The van der Waals surface area contributed by atoms with Gasteiger partial charge in [-0.05, 0) is 53.3 Å². The molecule has 0 N–H and O–H groups in total. The number of esters is 1. The molecule has 0 spiro atoms. The molecule has 0 saturated heterocycles. The lowest BCUT2D eigenvalue weighted by atomic mass is 10.2. The molecule has 7 heteroatoms. The van der Waals surface area contributed by atoms with E-state index in [0.29, 0.717) is 9.13 Å². The molecule has 0 atom stereocenters. The summed E-state index contributed by atoms with van der Waals surface area (Å²) in [5.41, 5.74) is 0.576. The van der Waals surface area contributed by atoms with Crippen LogP contribution in [0.3, 0.4) is 0 Å². The van der Waals surface area contributed by atoms with Crippen LogP contribution in [0.15, 0.2) is 24.3 Å². The first kappa shape index (κ1) is 15.8. The molecule has 0 radical (unpaired) electrons. The first-order valence-corrected chi connectivity index (χ1v) is 6.30. The summed E-state index contributed by atoms with van der Waals surface area (Å²) in [5.74, 6) is -0.783. The fourth-order valence-corrected chi connectivity index (χ4v) is 1.83. The summed E-state index contributed by atoms with van der Waals surface area (Å²) in [6.07, 6.45) is -2.06. The Bertz CT molecular complexity index is 484. The van der Waals surface area contributed by atoms with Crippen molar-refractivity contribution in [3.63, 3.8) is 0 Å². The summed E-state index contributed by atoms with van der Waals surface area (Å²) in [7, 11) is 0. The zero-order valence-electron chi connectivity index (χ0n) is 9.83. The predicted molar refractivity (Wildman–Crippen MR) is 71.5 cm³/mol. The highest BCUT2D eigenvalue weighted by Crippen LogP contribution is 2.28. The van der Waals surface area contributed by atoms with E-state index >= 15 is 0 Å². The number of hydrogen-bond donors (Lipinski definition) is 0. The van der Waals surface area contributed by atoms with E-state index in [2.05, 4.69) is 9.47 Å². The van der Waals surface area contributed by atoms with Crippen molar-refractivity contribution in [2.24, 2.45) is 0 Å². The Morgan fingerprint density at radius 3 is 2.63 bits per heavy atom. The molecule has 0 unspecified atom stereocenters. The second-order valence-electron chi connectivity index (χ2n) is 3.32. The Kier molecular flexibility index (Phi) is 5.64. The molecule has 0 saturated carbocycles. The highest BCUT2D eigenvalue weighted by molar-refractivity contribution is 14.1. The van der Waals surface area contributed by atoms with E-state index in [1.54, 1.807) is 29.5 Å². The molecule has 3 nitrogen and oxygen atoms in total. The normalized spacial score (nSPS) is 11.6. The van der Waals surface area contributed by atoms with Crippen LogP contribution < -0.4 is 4.74 Å². The van der Waals surface area contributed by atoms with Crippen molar-refractivity contribution in [1.29, 1.82) is 0 Å². The van der Waals surface area contributed by atoms with E-state index in [1.807, 2.05) is 0 Å². The van der Waals surface area contributed by atoms with Crippen LogP contribution in [-0.2, 0) is 9.53 Å². The summed E-state index contributed by atoms with van der Waals surface area (Å²) in [6, 6.07) is 4.08. The molecule has 19 heavy (non-hydrogen) atoms. The van der Waals surface area contributed by atoms with Crippen molar-refractivity contribution in [3.05, 3.63) is 33.4 Å². The van der Waals surface area contributed by atoms with E-state index < -0.39 is 12.3 Å². The molecule has 0 aliphatic heterocycles. The van der Waals surface area contributed by atoms with Gasteiger partial charge in [-0.2, -0.15) is 0 Å². The van der Waals surface area contributed by atoms with Crippen LogP contribution >= 0.6 is 22.6 Å². The smallest absolute Gasteiger partial charge is 0.463 e. The van der Waals surface area contributed by atoms with Crippen LogP contribution in [0.2, 0.25) is 0 Å². The first-order valence-electron chi connectivity index (χ1n) is 5.22. The maximum atomic E-state index is 12.1. The van der Waals surface area contributed by atoms with Crippen LogP contribution in [0.1, 0.15) is 12.5 Å². The van der Waals surface area contributed by atoms with E-state index in [9.17, 15) is 18.0 Å². The van der Waals surface area contributed by atoms with Gasteiger partial charge >= 0.3 is 12.3 Å². The average Bonchev–Trinajstić information content (AvgIpc) is 2.28. The van der Waals surface area contributed by atoms with Gasteiger partial charge in [-0.25, -0.2) is 4.79 Å². The maximum Gasteiger partial charge on any atom is 0.573 e. The molecule has 0 aliphatic rings. The molecular weight excluding hydrogens is 376 g/mol. The van der Waals surface area contributed by atoms with Crippen LogP contribution in [0.25, 0.3) is 6.08 Å². The van der Waals surface area contributed by atoms with Crippen molar-refractivity contribution in [2.45, 2.75) is 13.3 Å². The highest BCUT2D eigenvalue weighted by atomic mass is 127. The van der Waals surface area contributed by atoms with Gasteiger partial charge in [0.25, 0.3) is 0 Å². The minimum absolute atomic E-state index is 0.263. The topological polar surface area (TPSA) is 35.5 Å². The molecule has 0 amide bonds. The highest BCUT2D eigenvalue weighted by Gasteiger charge is 2.31. The summed E-state index contributed by atoms with van der Waals surface area (Å²) in [5, 5.41) is 0. The van der Waals surface area contributed by atoms with Crippen molar-refractivity contribution in [2.75, 3.05) is 6.61 Å². The Hall–Kier alpha value is -1.25. The van der Waals surface area contributed by atoms with Crippen LogP contribution in [0.5, 0.6) is 5.75 Å². The average molecular weight is 386 g/mol. The number of hydrogen-bond acceptors (Lipinski definition) is 3. The standard InChI is InChI=1S/C12H10F3IO3/c1-2-18-11(17)6-4-8-3-5-10(9(16)7-8)19-12(13,14)15/h3-7H,2H2,1H3/b6-4+. The lowest BCUT2D eigenvalue weighted by Gasteiger charge is -2.10. The Labute approximate surface area is 121 Å². The second kappa shape index (κ2) is 6.78. The minimum atomic E-state index is -4.72. The third kappa shape index (κ3) is 5.95. The number of rotatable bonds is 4. The van der Waals surface area contributed by atoms with Crippen LogP contribution in [-0.4, -0.2) is 18.9 Å². The van der Waals surface area contributed by atoms with Gasteiger partial charge in [0.1, 0.15) is 5.75 Å². The van der Waals surface area contributed by atoms with Crippen molar-refractivity contribution < 1.29 is 27.4 Å². The van der Waals surface area contributed by atoms with Crippen molar-refractivity contribution >= 4 is 34.6 Å². The largest absolute Gasteiger partial charge is 0.573 e. The van der Waals surface area contributed by atoms with Gasteiger partial charge in [0.05, 0.1) is 10.2 Å². The summed E-state index contributed by atoms with van der Waals surface area (Å²) in [6.45, 7) is 1.94. The Morgan fingerprint density at radius 1 is 1.42 bits per heavy atom. The number of carbonyl (C=O) groups excluding carboxylic acids is 1. The van der Waals surface area contributed by atoms with Gasteiger partial charge in [0, 0.05) is 6.08 Å². The number of carbonyl (C=O) groups is 1. The third-order valence-corrected chi connectivity index (χ3v) is 2.72. The summed E-state index contributed by atoms with van der Waals surface area (Å²) in [4.78, 5) is 11.1. The zero-order valence-corrected chi connectivity index (χ0v) is 12.0. The van der Waals surface area contributed by atoms with Gasteiger partial charge in [-0.3, -0.25) is 0 Å². The molecule has 0 bridgehead atoms. The number of benzene rings is 1. The molecule has 0 aliphatic carbocycles. The lowest BCUT2D eigenvalue weighted by Crippen LogP contribution is -2.17. The Balaban J connectivity index is 2.80. The van der Waals surface area contributed by atoms with E-state index in [4.69, 9.17) is 0 Å². The third-order valence-electron chi connectivity index (χ3n) is 1.88. The van der Waals surface area contributed by atoms with E-state index in [1.165, 1.54) is 30.4 Å². The number of alkyl halides is 3. The lowest BCUT2D eigenvalue weighted by molar-refractivity contribution is -0.274. The van der Waals surface area contributed by atoms with Crippen molar-refractivity contribution in [3.8, 4) is 5.75 Å². The molecule has 1 rings (SSSR count). The molecular formula is C12H10F3IO3. The van der Waals surface area contributed by atoms with Crippen LogP contribution in [0, 0.1) is 3.57 Å². The SMILES string of the molecule is CCOC(=O)/C=C/c1ccc(OC(F)(F)F)c(I)c1. The van der Waals surface area contributed by atoms with Crippen LogP contribution in [0.4, 0.5) is 13.2 Å². The second-order valence-corrected chi connectivity index (χ2v) is 4.49. The molecule has 1 aromatic rings. The molecule has 1 aromatic carbocycles. The number of halogens is 4. The van der Waals surface area contributed by atoms with Gasteiger partial charge in [-0.15, -0.1) is 13.2 Å². The molecule has 0 aromatic heterocycles. The predicted octanol–water partition coefficient (Wildman–Crippen LogP) is 3.77. The summed E-state index contributed by atoms with van der Waals surface area (Å²) < 4.78 is 45.0. The van der Waals surface area contributed by atoms with Gasteiger partial charge in [-0.1, -0.05) is 6.07 Å². The summed E-state index contributed by atoms with van der Waals surface area (Å²) >= 11 is 1.72. The minimum Gasteiger partial charge on any atom is -0.463 e. The molecule has 104 valence electrons.